The third-order valence-electron chi connectivity index (χ3n) is 4.84. The highest BCUT2D eigenvalue weighted by Crippen LogP contribution is 2.34. The van der Waals surface area contributed by atoms with Gasteiger partial charge in [-0.15, -0.1) is 10.2 Å². The Labute approximate surface area is 122 Å². The highest BCUT2D eigenvalue weighted by Gasteiger charge is 2.29. The van der Waals surface area contributed by atoms with Gasteiger partial charge in [-0.3, -0.25) is 0 Å². The smallest absolute Gasteiger partial charge is 0.234 e. The Hall–Kier alpha value is -1.01. The fraction of sp³-hybridized carbons (Fsp3) is 0.786. The molecule has 1 aliphatic heterocycles. The van der Waals surface area contributed by atoms with Crippen molar-refractivity contribution in [2.45, 2.75) is 50.9 Å². The van der Waals surface area contributed by atoms with Crippen molar-refractivity contribution < 1.29 is 0 Å². The van der Waals surface area contributed by atoms with Crippen LogP contribution in [0.15, 0.2) is 0 Å². The molecule has 2 fully saturated rings. The first-order chi connectivity index (χ1) is 9.83. The Morgan fingerprint density at radius 3 is 2.75 bits per heavy atom. The van der Waals surface area contributed by atoms with Gasteiger partial charge in [-0.2, -0.15) is 9.61 Å². The van der Waals surface area contributed by atoms with Crippen molar-refractivity contribution in [2.75, 3.05) is 13.1 Å². The molecule has 108 valence electrons. The van der Waals surface area contributed by atoms with E-state index < -0.39 is 0 Å². The Balaban J connectivity index is 1.67. The Morgan fingerprint density at radius 1 is 1.15 bits per heavy atom. The van der Waals surface area contributed by atoms with Gasteiger partial charge in [0.25, 0.3) is 0 Å². The maximum Gasteiger partial charge on any atom is 0.234 e. The highest BCUT2D eigenvalue weighted by atomic mass is 32.1. The second-order valence-corrected chi connectivity index (χ2v) is 7.26. The van der Waals surface area contributed by atoms with E-state index in [1.165, 1.54) is 37.1 Å². The third-order valence-corrected chi connectivity index (χ3v) is 5.87. The number of rotatable bonds is 2. The topological polar surface area (TPSA) is 55.1 Å². The fourth-order valence-corrected chi connectivity index (χ4v) is 4.63. The second-order valence-electron chi connectivity index (χ2n) is 6.27. The molecule has 1 aliphatic carbocycles. The summed E-state index contributed by atoms with van der Waals surface area (Å²) in [5.41, 5.74) is 0. The van der Waals surface area contributed by atoms with E-state index in [0.29, 0.717) is 17.8 Å². The van der Waals surface area contributed by atoms with Crippen LogP contribution in [0.25, 0.3) is 4.96 Å². The third kappa shape index (κ3) is 2.05. The number of nitrogens with zero attached hydrogens (tertiary/aromatic N) is 4. The zero-order valence-corrected chi connectivity index (χ0v) is 12.7. The van der Waals surface area contributed by atoms with Crippen LogP contribution in [0, 0.1) is 5.92 Å². The fourth-order valence-electron chi connectivity index (χ4n) is 3.55. The Kier molecular flexibility index (Phi) is 3.22. The van der Waals surface area contributed by atoms with Crippen LogP contribution in [0.1, 0.15) is 61.7 Å². The summed E-state index contributed by atoms with van der Waals surface area (Å²) in [6.07, 6.45) is 6.50. The van der Waals surface area contributed by atoms with Crippen LogP contribution in [0.3, 0.4) is 0 Å². The molecule has 0 radical (unpaired) electrons. The van der Waals surface area contributed by atoms with Gasteiger partial charge in [-0.25, -0.2) is 0 Å². The van der Waals surface area contributed by atoms with Gasteiger partial charge in [-0.05, 0) is 25.3 Å². The van der Waals surface area contributed by atoms with E-state index in [1.807, 2.05) is 4.52 Å². The molecule has 3 heterocycles. The van der Waals surface area contributed by atoms with Gasteiger partial charge in [0, 0.05) is 18.4 Å². The molecule has 4 rings (SSSR count). The van der Waals surface area contributed by atoms with Gasteiger partial charge < -0.3 is 5.32 Å². The normalized spacial score (nSPS) is 28.4. The summed E-state index contributed by atoms with van der Waals surface area (Å²) in [6, 6.07) is 0. The van der Waals surface area contributed by atoms with Crippen molar-refractivity contribution >= 4 is 16.3 Å². The largest absolute Gasteiger partial charge is 0.316 e. The lowest BCUT2D eigenvalue weighted by Crippen LogP contribution is -2.11. The molecule has 0 amide bonds. The molecule has 6 heteroatoms. The summed E-state index contributed by atoms with van der Waals surface area (Å²) in [7, 11) is 0. The minimum absolute atomic E-state index is 0.543. The molecule has 2 aromatic heterocycles. The van der Waals surface area contributed by atoms with Crippen molar-refractivity contribution in [1.29, 1.82) is 0 Å². The van der Waals surface area contributed by atoms with Crippen LogP contribution < -0.4 is 5.32 Å². The van der Waals surface area contributed by atoms with Crippen LogP contribution in [0.2, 0.25) is 0 Å². The maximum atomic E-state index is 4.85. The van der Waals surface area contributed by atoms with Crippen LogP contribution in [0.5, 0.6) is 0 Å². The van der Waals surface area contributed by atoms with E-state index in [1.54, 1.807) is 11.3 Å². The SMILES string of the molecule is C[C@@H]1CNC[C@H]1c1nn2c(C3CCCCC3)nnc2s1. The molecule has 20 heavy (non-hydrogen) atoms. The lowest BCUT2D eigenvalue weighted by Gasteiger charge is -2.18. The number of aromatic nitrogens is 4. The van der Waals surface area contributed by atoms with Crippen LogP contribution >= 0.6 is 11.3 Å². The lowest BCUT2D eigenvalue weighted by molar-refractivity contribution is 0.422. The van der Waals surface area contributed by atoms with E-state index >= 15 is 0 Å². The number of nitrogens with one attached hydrogen (secondary N) is 1. The van der Waals surface area contributed by atoms with E-state index in [2.05, 4.69) is 22.4 Å². The minimum Gasteiger partial charge on any atom is -0.316 e. The second kappa shape index (κ2) is 5.07. The molecule has 2 aromatic rings. The first kappa shape index (κ1) is 12.7. The predicted molar refractivity (Wildman–Crippen MR) is 79.3 cm³/mol. The molecule has 0 bridgehead atoms. The quantitative estimate of drug-likeness (QED) is 0.924. The Morgan fingerprint density at radius 2 is 2.00 bits per heavy atom. The van der Waals surface area contributed by atoms with Gasteiger partial charge in [0.15, 0.2) is 5.82 Å². The van der Waals surface area contributed by atoms with Crippen LogP contribution in [-0.4, -0.2) is 32.9 Å². The molecule has 0 unspecified atom stereocenters. The summed E-state index contributed by atoms with van der Waals surface area (Å²) < 4.78 is 2.03. The molecule has 1 saturated heterocycles. The Bertz CT molecular complexity index is 598. The van der Waals surface area contributed by atoms with Crippen molar-refractivity contribution in [3.8, 4) is 0 Å². The van der Waals surface area contributed by atoms with Crippen LogP contribution in [0.4, 0.5) is 0 Å². The average molecular weight is 291 g/mol. The number of hydrogen-bond donors (Lipinski definition) is 1. The zero-order chi connectivity index (χ0) is 13.5. The summed E-state index contributed by atoms with van der Waals surface area (Å²) in [5.74, 6) is 2.87. The summed E-state index contributed by atoms with van der Waals surface area (Å²) >= 11 is 1.72. The molecule has 1 saturated carbocycles. The molecule has 5 nitrogen and oxygen atoms in total. The van der Waals surface area contributed by atoms with E-state index in [0.717, 1.165) is 23.9 Å². The van der Waals surface area contributed by atoms with Gasteiger partial charge in [0.05, 0.1) is 0 Å². The van der Waals surface area contributed by atoms with Crippen molar-refractivity contribution in [1.82, 2.24) is 25.1 Å². The number of hydrogen-bond acceptors (Lipinski definition) is 5. The zero-order valence-electron chi connectivity index (χ0n) is 11.9. The van der Waals surface area contributed by atoms with E-state index in [9.17, 15) is 0 Å². The standard InChI is InChI=1S/C14H21N5S/c1-9-7-15-8-11(9)13-18-19-12(16-17-14(19)20-13)10-5-3-2-4-6-10/h9-11,15H,2-8H2,1H3/t9-,11-/m1/s1. The summed E-state index contributed by atoms with van der Waals surface area (Å²) in [5, 5.41) is 18.3. The van der Waals surface area contributed by atoms with Gasteiger partial charge in [0.1, 0.15) is 5.01 Å². The number of fused-ring (bicyclic) bond motifs is 1. The van der Waals surface area contributed by atoms with Crippen LogP contribution in [-0.2, 0) is 0 Å². The molecule has 1 N–H and O–H groups in total. The average Bonchev–Trinajstić information content (AvgIpc) is 3.13. The molecular formula is C14H21N5S. The van der Waals surface area contributed by atoms with Crippen molar-refractivity contribution in [2.24, 2.45) is 5.92 Å². The summed E-state index contributed by atoms with van der Waals surface area (Å²) in [4.78, 5) is 0.972. The van der Waals surface area contributed by atoms with Gasteiger partial charge in [-0.1, -0.05) is 37.5 Å². The van der Waals surface area contributed by atoms with E-state index in [4.69, 9.17) is 5.10 Å². The first-order valence-electron chi connectivity index (χ1n) is 7.75. The van der Waals surface area contributed by atoms with Crippen molar-refractivity contribution in [3.63, 3.8) is 0 Å². The first-order valence-corrected chi connectivity index (χ1v) is 8.57. The van der Waals surface area contributed by atoms with Gasteiger partial charge >= 0.3 is 0 Å². The summed E-state index contributed by atoms with van der Waals surface area (Å²) in [6.45, 7) is 4.44. The molecule has 0 aromatic carbocycles. The predicted octanol–water partition coefficient (Wildman–Crippen LogP) is 2.56. The minimum atomic E-state index is 0.543. The maximum absolute atomic E-state index is 4.85. The molecular weight excluding hydrogens is 270 g/mol. The molecule has 2 aliphatic rings. The highest BCUT2D eigenvalue weighted by molar-refractivity contribution is 7.16. The molecule has 0 spiro atoms. The molecule has 2 atom stereocenters. The lowest BCUT2D eigenvalue weighted by atomic mass is 9.89. The van der Waals surface area contributed by atoms with Crippen molar-refractivity contribution in [3.05, 3.63) is 10.8 Å². The van der Waals surface area contributed by atoms with Gasteiger partial charge in [0.2, 0.25) is 4.96 Å². The monoisotopic (exact) mass is 291 g/mol. The van der Waals surface area contributed by atoms with E-state index in [-0.39, 0.29) is 0 Å².